The van der Waals surface area contributed by atoms with Crippen molar-refractivity contribution in [1.29, 1.82) is 0 Å². The quantitative estimate of drug-likeness (QED) is 0.715. The standard InChI is InChI=1S/C18H22N2O4/c1-3-22-15-6-8-16(9-7-15)23-11-10-19-18(21)13-24-17-5-4-14(2)20-12-17/h4-9,12H,3,10-11,13H2,1-2H3,(H,19,21). The molecule has 2 rings (SSSR count). The molecule has 0 aliphatic carbocycles. The van der Waals surface area contributed by atoms with E-state index >= 15 is 0 Å². The largest absolute Gasteiger partial charge is 0.494 e. The fraction of sp³-hybridized carbons (Fsp3) is 0.333. The summed E-state index contributed by atoms with van der Waals surface area (Å²) in [6.07, 6.45) is 1.59. The summed E-state index contributed by atoms with van der Waals surface area (Å²) in [5, 5.41) is 2.73. The molecule has 0 atom stereocenters. The molecule has 0 aliphatic heterocycles. The van der Waals surface area contributed by atoms with Gasteiger partial charge in [-0.3, -0.25) is 9.78 Å². The Labute approximate surface area is 141 Å². The number of nitrogens with one attached hydrogen (secondary N) is 1. The average Bonchev–Trinajstić information content (AvgIpc) is 2.60. The van der Waals surface area contributed by atoms with E-state index in [2.05, 4.69) is 10.3 Å². The van der Waals surface area contributed by atoms with Gasteiger partial charge in [-0.05, 0) is 50.2 Å². The Kier molecular flexibility index (Phi) is 6.89. The van der Waals surface area contributed by atoms with E-state index in [9.17, 15) is 4.79 Å². The molecule has 0 unspecified atom stereocenters. The van der Waals surface area contributed by atoms with Crippen molar-refractivity contribution in [3.63, 3.8) is 0 Å². The summed E-state index contributed by atoms with van der Waals surface area (Å²) >= 11 is 0. The zero-order valence-electron chi connectivity index (χ0n) is 14.0. The average molecular weight is 330 g/mol. The van der Waals surface area contributed by atoms with Gasteiger partial charge in [0.25, 0.3) is 5.91 Å². The molecule has 6 heteroatoms. The van der Waals surface area contributed by atoms with Crippen molar-refractivity contribution in [3.8, 4) is 17.2 Å². The highest BCUT2D eigenvalue weighted by Crippen LogP contribution is 2.17. The lowest BCUT2D eigenvalue weighted by Crippen LogP contribution is -2.32. The smallest absolute Gasteiger partial charge is 0.258 e. The van der Waals surface area contributed by atoms with Crippen LogP contribution in [0, 0.1) is 6.92 Å². The Bertz CT molecular complexity index is 626. The second kappa shape index (κ2) is 9.39. The topological polar surface area (TPSA) is 69.7 Å². The van der Waals surface area contributed by atoms with Gasteiger partial charge < -0.3 is 19.5 Å². The molecule has 1 N–H and O–H groups in total. The molecular weight excluding hydrogens is 308 g/mol. The number of benzene rings is 1. The van der Waals surface area contributed by atoms with Crippen LogP contribution in [-0.2, 0) is 4.79 Å². The summed E-state index contributed by atoms with van der Waals surface area (Å²) in [5.74, 6) is 1.91. The fourth-order valence-corrected chi connectivity index (χ4v) is 1.90. The Morgan fingerprint density at radius 3 is 2.29 bits per heavy atom. The normalized spacial score (nSPS) is 10.1. The zero-order valence-corrected chi connectivity index (χ0v) is 14.0. The van der Waals surface area contributed by atoms with Crippen LogP contribution in [-0.4, -0.2) is 37.3 Å². The maximum Gasteiger partial charge on any atom is 0.258 e. The third kappa shape index (κ3) is 6.16. The summed E-state index contributed by atoms with van der Waals surface area (Å²) in [4.78, 5) is 15.8. The first-order valence-electron chi connectivity index (χ1n) is 7.85. The SMILES string of the molecule is CCOc1ccc(OCCNC(=O)COc2ccc(C)nc2)cc1. The van der Waals surface area contributed by atoms with Gasteiger partial charge in [0, 0.05) is 5.69 Å². The molecule has 0 saturated heterocycles. The van der Waals surface area contributed by atoms with Crippen LogP contribution in [0.1, 0.15) is 12.6 Å². The highest BCUT2D eigenvalue weighted by Gasteiger charge is 2.03. The number of amides is 1. The minimum Gasteiger partial charge on any atom is -0.494 e. The third-order valence-electron chi connectivity index (χ3n) is 3.08. The molecular formula is C18H22N2O4. The van der Waals surface area contributed by atoms with E-state index in [-0.39, 0.29) is 12.5 Å². The minimum atomic E-state index is -0.203. The van der Waals surface area contributed by atoms with Crippen LogP contribution in [0.25, 0.3) is 0 Å². The summed E-state index contributed by atoms with van der Waals surface area (Å²) in [5.41, 5.74) is 0.901. The van der Waals surface area contributed by atoms with Crippen molar-refractivity contribution >= 4 is 5.91 Å². The van der Waals surface area contributed by atoms with Gasteiger partial charge in [0.15, 0.2) is 6.61 Å². The number of aromatic nitrogens is 1. The van der Waals surface area contributed by atoms with E-state index in [0.717, 1.165) is 17.2 Å². The van der Waals surface area contributed by atoms with E-state index in [1.807, 2.05) is 44.2 Å². The molecule has 0 aliphatic rings. The predicted molar refractivity (Wildman–Crippen MR) is 90.6 cm³/mol. The van der Waals surface area contributed by atoms with Crippen LogP contribution in [0.15, 0.2) is 42.6 Å². The molecule has 6 nitrogen and oxygen atoms in total. The highest BCUT2D eigenvalue weighted by atomic mass is 16.5. The third-order valence-corrected chi connectivity index (χ3v) is 3.08. The van der Waals surface area contributed by atoms with E-state index in [0.29, 0.717) is 25.5 Å². The first-order valence-corrected chi connectivity index (χ1v) is 7.85. The maximum atomic E-state index is 11.7. The van der Waals surface area contributed by atoms with E-state index in [1.165, 1.54) is 0 Å². The molecule has 128 valence electrons. The molecule has 24 heavy (non-hydrogen) atoms. The van der Waals surface area contributed by atoms with Crippen LogP contribution >= 0.6 is 0 Å². The van der Waals surface area contributed by atoms with Gasteiger partial charge in [0.1, 0.15) is 23.9 Å². The Morgan fingerprint density at radius 2 is 1.67 bits per heavy atom. The summed E-state index contributed by atoms with van der Waals surface area (Å²) in [6, 6.07) is 11.0. The number of hydrogen-bond acceptors (Lipinski definition) is 5. The molecule has 1 heterocycles. The lowest BCUT2D eigenvalue weighted by Gasteiger charge is -2.09. The minimum absolute atomic E-state index is 0.0478. The Balaban J connectivity index is 1.61. The molecule has 0 fully saturated rings. The number of pyridine rings is 1. The molecule has 1 aromatic heterocycles. The summed E-state index contributed by atoms with van der Waals surface area (Å²) in [7, 11) is 0. The van der Waals surface area contributed by atoms with Gasteiger partial charge in [-0.1, -0.05) is 0 Å². The van der Waals surface area contributed by atoms with Gasteiger partial charge in [-0.2, -0.15) is 0 Å². The fourth-order valence-electron chi connectivity index (χ4n) is 1.90. The second-order valence-corrected chi connectivity index (χ2v) is 5.03. The lowest BCUT2D eigenvalue weighted by molar-refractivity contribution is -0.123. The van der Waals surface area contributed by atoms with Crippen molar-refractivity contribution in [3.05, 3.63) is 48.3 Å². The molecule has 0 saturated carbocycles. The van der Waals surface area contributed by atoms with Crippen molar-refractivity contribution < 1.29 is 19.0 Å². The van der Waals surface area contributed by atoms with Crippen LogP contribution in [0.2, 0.25) is 0 Å². The predicted octanol–water partition coefficient (Wildman–Crippen LogP) is 2.36. The number of nitrogens with zero attached hydrogens (tertiary/aromatic N) is 1. The number of ether oxygens (including phenoxy) is 3. The molecule has 1 aromatic carbocycles. The molecule has 0 radical (unpaired) electrons. The number of carbonyl (C=O) groups excluding carboxylic acids is 1. The Morgan fingerprint density at radius 1 is 1.00 bits per heavy atom. The van der Waals surface area contributed by atoms with Gasteiger partial charge in [-0.15, -0.1) is 0 Å². The van der Waals surface area contributed by atoms with Crippen molar-refractivity contribution in [2.75, 3.05) is 26.4 Å². The van der Waals surface area contributed by atoms with E-state index in [1.54, 1.807) is 12.3 Å². The summed E-state index contributed by atoms with van der Waals surface area (Å²) in [6.45, 7) is 5.20. The monoisotopic (exact) mass is 330 g/mol. The maximum absolute atomic E-state index is 11.7. The van der Waals surface area contributed by atoms with Gasteiger partial charge in [0.2, 0.25) is 0 Å². The first kappa shape index (κ1) is 17.6. The molecule has 0 spiro atoms. The van der Waals surface area contributed by atoms with Gasteiger partial charge in [-0.25, -0.2) is 0 Å². The van der Waals surface area contributed by atoms with Crippen molar-refractivity contribution in [2.45, 2.75) is 13.8 Å². The van der Waals surface area contributed by atoms with Crippen LogP contribution in [0.3, 0.4) is 0 Å². The van der Waals surface area contributed by atoms with Crippen molar-refractivity contribution in [1.82, 2.24) is 10.3 Å². The summed E-state index contributed by atoms with van der Waals surface area (Å²) < 4.78 is 16.2. The van der Waals surface area contributed by atoms with Crippen LogP contribution in [0.5, 0.6) is 17.2 Å². The van der Waals surface area contributed by atoms with Crippen LogP contribution < -0.4 is 19.5 Å². The van der Waals surface area contributed by atoms with E-state index < -0.39 is 0 Å². The molecule has 1 amide bonds. The van der Waals surface area contributed by atoms with Gasteiger partial charge >= 0.3 is 0 Å². The highest BCUT2D eigenvalue weighted by molar-refractivity contribution is 5.77. The molecule has 0 bridgehead atoms. The number of carbonyl (C=O) groups is 1. The van der Waals surface area contributed by atoms with Gasteiger partial charge in [0.05, 0.1) is 19.3 Å². The number of rotatable bonds is 9. The van der Waals surface area contributed by atoms with E-state index in [4.69, 9.17) is 14.2 Å². The lowest BCUT2D eigenvalue weighted by atomic mass is 10.3. The number of aryl methyl sites for hydroxylation is 1. The van der Waals surface area contributed by atoms with Crippen LogP contribution in [0.4, 0.5) is 0 Å². The van der Waals surface area contributed by atoms with Crippen molar-refractivity contribution in [2.24, 2.45) is 0 Å². The zero-order chi connectivity index (χ0) is 17.2. The second-order valence-electron chi connectivity index (χ2n) is 5.03. The Hall–Kier alpha value is -2.76. The molecule has 2 aromatic rings. The number of hydrogen-bond donors (Lipinski definition) is 1. The first-order chi connectivity index (χ1) is 11.7.